The quantitative estimate of drug-likeness (QED) is 0.493. The molecule has 2 amide bonds. The number of anilines is 3. The lowest BCUT2D eigenvalue weighted by molar-refractivity contribution is 0.231. The third kappa shape index (κ3) is 4.58. The van der Waals surface area contributed by atoms with Gasteiger partial charge in [-0.15, -0.1) is 0 Å². The van der Waals surface area contributed by atoms with Gasteiger partial charge >= 0.3 is 6.03 Å². The summed E-state index contributed by atoms with van der Waals surface area (Å²) >= 11 is 0. The van der Waals surface area contributed by atoms with Crippen LogP contribution in [0.4, 0.5) is 21.9 Å². The summed E-state index contributed by atoms with van der Waals surface area (Å²) in [6.45, 7) is 2.15. The lowest BCUT2D eigenvalue weighted by Crippen LogP contribution is -2.38. The van der Waals surface area contributed by atoms with Crippen molar-refractivity contribution in [1.29, 1.82) is 0 Å². The van der Waals surface area contributed by atoms with E-state index in [1.807, 2.05) is 66.7 Å². The van der Waals surface area contributed by atoms with Crippen molar-refractivity contribution < 1.29 is 9.53 Å². The number of nitrogen functional groups attached to an aromatic ring is 1. The average molecular weight is 361 g/mol. The van der Waals surface area contributed by atoms with E-state index in [0.29, 0.717) is 5.69 Å². The van der Waals surface area contributed by atoms with E-state index in [0.717, 1.165) is 29.1 Å². The fourth-order valence-electron chi connectivity index (χ4n) is 2.78. The number of nitrogens with one attached hydrogen (secondary N) is 1. The van der Waals surface area contributed by atoms with E-state index in [1.54, 1.807) is 17.0 Å². The highest BCUT2D eigenvalue weighted by molar-refractivity contribution is 5.99. The fraction of sp³-hybridized carbons (Fsp3) is 0.136. The Bertz CT molecular complexity index is 880. The summed E-state index contributed by atoms with van der Waals surface area (Å²) in [5.74, 6) is 0.777. The number of nitrogens with two attached hydrogens (primary N) is 1. The number of para-hydroxylation sites is 2. The Labute approximate surface area is 159 Å². The first-order chi connectivity index (χ1) is 13.2. The van der Waals surface area contributed by atoms with Crippen LogP contribution in [0.5, 0.6) is 5.75 Å². The number of benzene rings is 3. The van der Waals surface area contributed by atoms with Gasteiger partial charge < -0.3 is 15.8 Å². The second-order valence-corrected chi connectivity index (χ2v) is 5.99. The molecule has 0 saturated heterocycles. The molecule has 0 aliphatic carbocycles. The molecule has 0 radical (unpaired) electrons. The van der Waals surface area contributed by atoms with Crippen molar-refractivity contribution in [2.75, 3.05) is 17.4 Å². The molecular weight excluding hydrogens is 338 g/mol. The maximum atomic E-state index is 12.9. The summed E-state index contributed by atoms with van der Waals surface area (Å²) in [4.78, 5) is 14.5. The van der Waals surface area contributed by atoms with Crippen LogP contribution in [-0.4, -0.2) is 12.8 Å². The van der Waals surface area contributed by atoms with Crippen LogP contribution < -0.4 is 20.7 Å². The number of hydrogen-bond donors (Lipinski definition) is 2. The second-order valence-electron chi connectivity index (χ2n) is 5.99. The molecule has 0 aliphatic rings. The average Bonchev–Trinajstić information content (AvgIpc) is 2.71. The van der Waals surface area contributed by atoms with Crippen molar-refractivity contribution in [2.45, 2.75) is 13.3 Å². The Morgan fingerprint density at radius 3 is 2.26 bits per heavy atom. The Balaban J connectivity index is 1.74. The van der Waals surface area contributed by atoms with Gasteiger partial charge in [0.25, 0.3) is 0 Å². The molecule has 0 spiro atoms. The molecule has 3 N–H and O–H groups in total. The smallest absolute Gasteiger partial charge is 0.329 e. The fourth-order valence-corrected chi connectivity index (χ4v) is 2.78. The molecule has 0 unspecified atom stereocenters. The van der Waals surface area contributed by atoms with Gasteiger partial charge in [-0.25, -0.2) is 4.79 Å². The number of ether oxygens (including phenoxy) is 1. The monoisotopic (exact) mass is 361 g/mol. The number of nitrogens with zero attached hydrogens (tertiary/aromatic N) is 1. The van der Waals surface area contributed by atoms with E-state index in [4.69, 9.17) is 10.5 Å². The highest BCUT2D eigenvalue weighted by atomic mass is 16.5. The number of carbonyl (C=O) groups is 1. The van der Waals surface area contributed by atoms with Crippen LogP contribution in [0.3, 0.4) is 0 Å². The molecule has 0 bridgehead atoms. The molecule has 5 heteroatoms. The van der Waals surface area contributed by atoms with Gasteiger partial charge in [-0.3, -0.25) is 4.90 Å². The van der Waals surface area contributed by atoms with Gasteiger partial charge in [0.1, 0.15) is 5.75 Å². The Morgan fingerprint density at radius 2 is 1.56 bits per heavy atom. The molecule has 3 aromatic carbocycles. The van der Waals surface area contributed by atoms with Crippen LogP contribution in [-0.2, 0) is 6.42 Å². The summed E-state index contributed by atoms with van der Waals surface area (Å²) in [7, 11) is 0. The SMILES string of the molecule is CCc1ccccc1OCNC(=O)N(c1ccccc1)c1ccc(N)cc1. The van der Waals surface area contributed by atoms with E-state index < -0.39 is 0 Å². The minimum atomic E-state index is -0.278. The zero-order valence-corrected chi connectivity index (χ0v) is 15.3. The molecular formula is C22H23N3O2. The number of rotatable bonds is 6. The molecule has 3 aromatic rings. The third-order valence-corrected chi connectivity index (χ3v) is 4.17. The van der Waals surface area contributed by atoms with Crippen LogP contribution in [0.1, 0.15) is 12.5 Å². The summed E-state index contributed by atoms with van der Waals surface area (Å²) in [5.41, 5.74) is 9.00. The number of urea groups is 1. The van der Waals surface area contributed by atoms with Gasteiger partial charge in [0.05, 0.1) is 11.4 Å². The lowest BCUT2D eigenvalue weighted by atomic mass is 10.1. The van der Waals surface area contributed by atoms with Gasteiger partial charge in [-0.1, -0.05) is 43.3 Å². The normalized spacial score (nSPS) is 10.3. The van der Waals surface area contributed by atoms with Crippen LogP contribution in [0.25, 0.3) is 0 Å². The van der Waals surface area contributed by atoms with Crippen molar-refractivity contribution in [2.24, 2.45) is 0 Å². The summed E-state index contributed by atoms with van der Waals surface area (Å²) in [5, 5.41) is 2.83. The zero-order chi connectivity index (χ0) is 19.1. The standard InChI is InChI=1S/C22H23N3O2/c1-2-17-8-6-7-11-21(17)27-16-24-22(26)25(19-9-4-3-5-10-19)20-14-12-18(23)13-15-20/h3-15H,2,16,23H2,1H3,(H,24,26). The molecule has 0 atom stereocenters. The number of hydrogen-bond acceptors (Lipinski definition) is 3. The van der Waals surface area contributed by atoms with Gasteiger partial charge in [0, 0.05) is 5.69 Å². The second kappa shape index (κ2) is 8.76. The predicted molar refractivity (Wildman–Crippen MR) is 109 cm³/mol. The summed E-state index contributed by atoms with van der Waals surface area (Å²) in [6.07, 6.45) is 0.867. The van der Waals surface area contributed by atoms with Gasteiger partial charge in [-0.05, 0) is 54.4 Å². The van der Waals surface area contributed by atoms with E-state index in [2.05, 4.69) is 12.2 Å². The van der Waals surface area contributed by atoms with E-state index in [9.17, 15) is 4.79 Å². The first-order valence-electron chi connectivity index (χ1n) is 8.88. The minimum absolute atomic E-state index is 0.0775. The molecule has 5 nitrogen and oxygen atoms in total. The molecule has 0 saturated carbocycles. The van der Waals surface area contributed by atoms with Crippen molar-refractivity contribution in [3.63, 3.8) is 0 Å². The van der Waals surface area contributed by atoms with Gasteiger partial charge in [0.15, 0.2) is 6.73 Å². The van der Waals surface area contributed by atoms with E-state index >= 15 is 0 Å². The van der Waals surface area contributed by atoms with E-state index in [-0.39, 0.29) is 12.8 Å². The highest BCUT2D eigenvalue weighted by Gasteiger charge is 2.17. The van der Waals surface area contributed by atoms with Crippen LogP contribution in [0.15, 0.2) is 78.9 Å². The van der Waals surface area contributed by atoms with Crippen molar-refractivity contribution >= 4 is 23.1 Å². The summed E-state index contributed by atoms with van der Waals surface area (Å²) in [6, 6.07) is 24.1. The molecule has 0 aromatic heterocycles. The first-order valence-corrected chi connectivity index (χ1v) is 8.88. The van der Waals surface area contributed by atoms with Gasteiger partial charge in [0.2, 0.25) is 0 Å². The summed E-state index contributed by atoms with van der Waals surface area (Å²) < 4.78 is 5.76. The molecule has 27 heavy (non-hydrogen) atoms. The topological polar surface area (TPSA) is 67.6 Å². The number of carbonyl (C=O) groups excluding carboxylic acids is 1. The third-order valence-electron chi connectivity index (χ3n) is 4.17. The molecule has 0 aliphatic heterocycles. The largest absolute Gasteiger partial charge is 0.473 e. The highest BCUT2D eigenvalue weighted by Crippen LogP contribution is 2.26. The van der Waals surface area contributed by atoms with Crippen LogP contribution >= 0.6 is 0 Å². The van der Waals surface area contributed by atoms with Crippen molar-refractivity contribution in [3.05, 3.63) is 84.4 Å². The Kier molecular flexibility index (Phi) is 5.94. The van der Waals surface area contributed by atoms with Crippen LogP contribution in [0, 0.1) is 0 Å². The maximum absolute atomic E-state index is 12.9. The predicted octanol–water partition coefficient (Wildman–Crippen LogP) is 4.72. The lowest BCUT2D eigenvalue weighted by Gasteiger charge is -2.23. The molecule has 3 rings (SSSR count). The Morgan fingerprint density at radius 1 is 0.926 bits per heavy atom. The minimum Gasteiger partial charge on any atom is -0.473 e. The molecule has 138 valence electrons. The Hall–Kier alpha value is -3.47. The molecule has 0 fully saturated rings. The van der Waals surface area contributed by atoms with Gasteiger partial charge in [-0.2, -0.15) is 0 Å². The number of aryl methyl sites for hydroxylation is 1. The van der Waals surface area contributed by atoms with Crippen molar-refractivity contribution in [1.82, 2.24) is 5.32 Å². The maximum Gasteiger partial charge on any atom is 0.329 e. The number of amides is 2. The van der Waals surface area contributed by atoms with Crippen LogP contribution in [0.2, 0.25) is 0 Å². The van der Waals surface area contributed by atoms with E-state index in [1.165, 1.54) is 0 Å². The first kappa shape index (κ1) is 18.3. The van der Waals surface area contributed by atoms with Crippen molar-refractivity contribution in [3.8, 4) is 5.75 Å². The zero-order valence-electron chi connectivity index (χ0n) is 15.3. The molecule has 0 heterocycles.